The number of carbonyl (C=O) groups excluding carboxylic acids is 2. The minimum atomic E-state index is -0.553. The molecule has 0 radical (unpaired) electrons. The van der Waals surface area contributed by atoms with Crippen LogP contribution in [0.15, 0.2) is 18.5 Å². The molecule has 1 N–H and O–H groups in total. The Morgan fingerprint density at radius 2 is 1.80 bits per heavy atom. The summed E-state index contributed by atoms with van der Waals surface area (Å²) >= 11 is 6.50. The summed E-state index contributed by atoms with van der Waals surface area (Å²) in [6.45, 7) is 16.2. The van der Waals surface area contributed by atoms with Crippen LogP contribution in [0.2, 0.25) is 5.02 Å². The summed E-state index contributed by atoms with van der Waals surface area (Å²) in [4.78, 5) is 50.5. The molecule has 1 atom stereocenters. The molecule has 12 heteroatoms. The second-order valence-corrected chi connectivity index (χ2v) is 12.5. The van der Waals surface area contributed by atoms with Gasteiger partial charge in [-0.2, -0.15) is 4.98 Å². The van der Waals surface area contributed by atoms with Crippen molar-refractivity contribution in [1.82, 2.24) is 29.7 Å². The summed E-state index contributed by atoms with van der Waals surface area (Å²) in [5, 5.41) is 0.442. The van der Waals surface area contributed by atoms with Gasteiger partial charge < -0.3 is 29.3 Å². The lowest BCUT2D eigenvalue weighted by atomic mass is 9.93. The zero-order chi connectivity index (χ0) is 29.4. The van der Waals surface area contributed by atoms with Gasteiger partial charge in [-0.3, -0.25) is 4.79 Å². The molecule has 0 spiro atoms. The molecule has 11 nitrogen and oxygen atoms in total. The highest BCUT2D eigenvalue weighted by atomic mass is 35.5. The third-order valence-corrected chi connectivity index (χ3v) is 7.80. The Bertz CT molecular complexity index is 1260. The van der Waals surface area contributed by atoms with Gasteiger partial charge >= 0.3 is 6.09 Å². The number of ether oxygens (including phenoxy) is 1. The minimum absolute atomic E-state index is 0.0564. The molecule has 0 unspecified atom stereocenters. The number of hydrogen-bond acceptors (Lipinski definition) is 8. The topological polar surface area (TPSA) is 111 Å². The number of hydrogen-bond donors (Lipinski definition) is 1. The van der Waals surface area contributed by atoms with E-state index in [0.29, 0.717) is 49.5 Å². The van der Waals surface area contributed by atoms with Crippen LogP contribution in [-0.2, 0) is 15.1 Å². The molecule has 2 saturated heterocycles. The van der Waals surface area contributed by atoms with E-state index in [0.717, 1.165) is 11.5 Å². The molecule has 0 aromatic carbocycles. The van der Waals surface area contributed by atoms with Crippen molar-refractivity contribution in [2.75, 3.05) is 49.6 Å². The molecule has 2 fully saturated rings. The van der Waals surface area contributed by atoms with Crippen molar-refractivity contribution in [1.29, 1.82) is 0 Å². The molecule has 0 bridgehead atoms. The fraction of sp³-hybridized carbons (Fsp3) is 0.607. The molecule has 0 aliphatic carbocycles. The van der Waals surface area contributed by atoms with Crippen LogP contribution in [0.4, 0.5) is 16.6 Å². The number of nitrogens with one attached hydrogen (secondary N) is 1. The minimum Gasteiger partial charge on any atom is -0.444 e. The monoisotopic (exact) mass is 572 g/mol. The maximum Gasteiger partial charge on any atom is 0.410 e. The molecule has 2 aliphatic rings. The molecule has 2 aromatic heterocycles. The molecule has 0 saturated carbocycles. The van der Waals surface area contributed by atoms with E-state index in [-0.39, 0.29) is 24.0 Å². The second-order valence-electron chi connectivity index (χ2n) is 12.1. The first-order valence-electron chi connectivity index (χ1n) is 13.7. The number of imidazole rings is 1. The van der Waals surface area contributed by atoms with Crippen LogP contribution in [0.3, 0.4) is 0 Å². The first-order chi connectivity index (χ1) is 18.7. The van der Waals surface area contributed by atoms with Crippen molar-refractivity contribution in [3.05, 3.63) is 35.0 Å². The van der Waals surface area contributed by atoms with Gasteiger partial charge in [0.2, 0.25) is 11.9 Å². The number of halogens is 1. The summed E-state index contributed by atoms with van der Waals surface area (Å²) in [7, 11) is 1.83. The lowest BCUT2D eigenvalue weighted by Crippen LogP contribution is -2.57. The average molecular weight is 573 g/mol. The van der Waals surface area contributed by atoms with Crippen LogP contribution >= 0.6 is 11.6 Å². The Morgan fingerprint density at radius 3 is 2.42 bits per heavy atom. The van der Waals surface area contributed by atoms with E-state index in [1.54, 1.807) is 22.2 Å². The van der Waals surface area contributed by atoms with Crippen LogP contribution in [-0.4, -0.2) is 93.2 Å². The number of allylic oxidation sites excluding steroid dienone is 1. The van der Waals surface area contributed by atoms with Crippen molar-refractivity contribution >= 4 is 41.4 Å². The van der Waals surface area contributed by atoms with Gasteiger partial charge in [-0.05, 0) is 54.5 Å². The molecule has 2 aromatic rings. The number of H-pyrrole nitrogens is 1. The predicted molar refractivity (Wildman–Crippen MR) is 156 cm³/mol. The maximum atomic E-state index is 13.4. The molecule has 2 aliphatic heterocycles. The smallest absolute Gasteiger partial charge is 0.410 e. The van der Waals surface area contributed by atoms with E-state index >= 15 is 0 Å². The Hall–Kier alpha value is -3.34. The number of rotatable bonds is 6. The highest BCUT2D eigenvalue weighted by Crippen LogP contribution is 2.34. The lowest BCUT2D eigenvalue weighted by Gasteiger charge is -2.44. The number of nitrogens with zero attached hydrogens (tertiary/aromatic N) is 7. The van der Waals surface area contributed by atoms with Crippen LogP contribution < -0.4 is 9.80 Å². The molecule has 4 rings (SSSR count). The van der Waals surface area contributed by atoms with E-state index in [2.05, 4.69) is 19.9 Å². The van der Waals surface area contributed by atoms with Gasteiger partial charge in [0.05, 0.1) is 29.5 Å². The quantitative estimate of drug-likeness (QED) is 0.549. The number of piperazine rings is 1. The third-order valence-electron chi connectivity index (χ3n) is 7.53. The second kappa shape index (κ2) is 11.3. The number of aromatic nitrogens is 4. The third kappa shape index (κ3) is 6.19. The molecular formula is C28H41ClN8O3. The van der Waals surface area contributed by atoms with Gasteiger partial charge in [0.15, 0.2) is 5.82 Å². The highest BCUT2D eigenvalue weighted by Gasteiger charge is 2.41. The van der Waals surface area contributed by atoms with E-state index in [1.807, 2.05) is 72.6 Å². The Labute approximate surface area is 241 Å². The van der Waals surface area contributed by atoms with Crippen LogP contribution in [0.5, 0.6) is 0 Å². The van der Waals surface area contributed by atoms with Crippen molar-refractivity contribution < 1.29 is 14.3 Å². The fourth-order valence-corrected chi connectivity index (χ4v) is 5.09. The van der Waals surface area contributed by atoms with Gasteiger partial charge in [-0.1, -0.05) is 17.7 Å². The van der Waals surface area contributed by atoms with Gasteiger partial charge in [-0.15, -0.1) is 0 Å². The first-order valence-corrected chi connectivity index (χ1v) is 14.1. The Kier molecular flexibility index (Phi) is 8.35. The van der Waals surface area contributed by atoms with Gasteiger partial charge in [0.25, 0.3) is 0 Å². The number of anilines is 2. The predicted octanol–water partition coefficient (Wildman–Crippen LogP) is 4.16. The summed E-state index contributed by atoms with van der Waals surface area (Å²) in [6, 6.07) is -0.0693. The van der Waals surface area contributed by atoms with E-state index < -0.39 is 11.1 Å². The van der Waals surface area contributed by atoms with Crippen LogP contribution in [0.25, 0.3) is 6.08 Å². The van der Waals surface area contributed by atoms with Crippen molar-refractivity contribution in [2.24, 2.45) is 5.92 Å². The standard InChI is InChI=1S/C28H41ClN8O3/c1-9-10-22-30-14-21(32-22)28(6,7)34(8)24(38)19-16-36(17-19)23-20(29)13-31-25(33-23)35-11-12-37(18(2)15-35)26(39)40-27(3,4)5/h9-10,13-14,18-19H,11-12,15-17H2,1-8H3,(H,30,32)/b10-9-/t18-/m1/s1. The summed E-state index contributed by atoms with van der Waals surface area (Å²) < 4.78 is 5.55. The fourth-order valence-electron chi connectivity index (χ4n) is 4.88. The summed E-state index contributed by atoms with van der Waals surface area (Å²) in [5.74, 6) is 1.81. The SMILES string of the molecule is C/C=C\c1ncc(C(C)(C)N(C)C(=O)C2CN(c3nc(N4CCN(C(=O)OC(C)(C)C)[C@H](C)C4)ncc3Cl)C2)[nH]1. The van der Waals surface area contributed by atoms with E-state index in [9.17, 15) is 9.59 Å². The maximum absolute atomic E-state index is 13.4. The number of amides is 2. The van der Waals surface area contributed by atoms with Crippen molar-refractivity contribution in [2.45, 2.75) is 65.6 Å². The van der Waals surface area contributed by atoms with Gasteiger partial charge in [0.1, 0.15) is 16.4 Å². The molecular weight excluding hydrogens is 532 g/mol. The van der Waals surface area contributed by atoms with Crippen LogP contribution in [0, 0.1) is 5.92 Å². The highest BCUT2D eigenvalue weighted by molar-refractivity contribution is 6.32. The molecule has 2 amide bonds. The zero-order valence-corrected chi connectivity index (χ0v) is 25.5. The normalized spacial score (nSPS) is 18.7. The zero-order valence-electron chi connectivity index (χ0n) is 24.7. The Morgan fingerprint density at radius 1 is 1.10 bits per heavy atom. The van der Waals surface area contributed by atoms with Gasteiger partial charge in [-0.25, -0.2) is 14.8 Å². The largest absolute Gasteiger partial charge is 0.444 e. The van der Waals surface area contributed by atoms with E-state index in [1.165, 1.54) is 0 Å². The number of aromatic amines is 1. The van der Waals surface area contributed by atoms with Crippen LogP contribution in [0.1, 0.15) is 60.0 Å². The average Bonchev–Trinajstić information content (AvgIpc) is 3.32. The Balaban J connectivity index is 1.38. The molecule has 218 valence electrons. The van der Waals surface area contributed by atoms with E-state index in [4.69, 9.17) is 21.3 Å². The van der Waals surface area contributed by atoms with Crippen molar-refractivity contribution in [3.63, 3.8) is 0 Å². The first kappa shape index (κ1) is 29.6. The van der Waals surface area contributed by atoms with Gasteiger partial charge in [0, 0.05) is 45.8 Å². The lowest BCUT2D eigenvalue weighted by molar-refractivity contribution is -0.140. The molecule has 40 heavy (non-hydrogen) atoms. The summed E-state index contributed by atoms with van der Waals surface area (Å²) in [5.41, 5.74) is -0.225. The van der Waals surface area contributed by atoms with Crippen molar-refractivity contribution in [3.8, 4) is 0 Å². The molecule has 4 heterocycles. The number of carbonyl (C=O) groups is 2. The summed E-state index contributed by atoms with van der Waals surface area (Å²) in [6.07, 6.45) is 6.89.